The van der Waals surface area contributed by atoms with Gasteiger partial charge in [0.2, 0.25) is 0 Å². The number of anilines is 1. The second-order valence-electron chi connectivity index (χ2n) is 4.86. The second-order valence-corrected chi connectivity index (χ2v) is 5.94. The van der Waals surface area contributed by atoms with Crippen LogP contribution in [0, 0.1) is 12.3 Å². The molecule has 1 aromatic rings. The standard InChI is InChI=1S/C16H18N2O4S/c1-4-7-18(12-9-23-10-12)16(20)17-13-6-5-11(15(19)22-3)8-14(13)21-2/h1,5-6,8,12H,7,9-10H2,2-3H3,(H,17,20). The highest BCUT2D eigenvalue weighted by molar-refractivity contribution is 8.00. The van der Waals surface area contributed by atoms with E-state index in [4.69, 9.17) is 11.2 Å². The minimum atomic E-state index is -0.471. The van der Waals surface area contributed by atoms with Crippen molar-refractivity contribution in [2.75, 3.05) is 37.6 Å². The number of methoxy groups -OCH3 is 2. The summed E-state index contributed by atoms with van der Waals surface area (Å²) in [6.45, 7) is 0.250. The van der Waals surface area contributed by atoms with E-state index < -0.39 is 5.97 Å². The third-order valence-corrected chi connectivity index (χ3v) is 4.69. The molecule has 0 bridgehead atoms. The molecule has 2 amide bonds. The van der Waals surface area contributed by atoms with Gasteiger partial charge in [0.05, 0.1) is 38.1 Å². The van der Waals surface area contributed by atoms with Gasteiger partial charge in [-0.15, -0.1) is 6.42 Å². The van der Waals surface area contributed by atoms with Gasteiger partial charge in [-0.25, -0.2) is 9.59 Å². The number of nitrogens with zero attached hydrogens (tertiary/aromatic N) is 1. The van der Waals surface area contributed by atoms with Crippen molar-refractivity contribution in [1.82, 2.24) is 4.90 Å². The molecule has 2 rings (SSSR count). The molecule has 7 heteroatoms. The molecule has 0 radical (unpaired) electrons. The number of benzene rings is 1. The van der Waals surface area contributed by atoms with E-state index in [1.165, 1.54) is 20.3 Å². The predicted octanol–water partition coefficient (Wildman–Crippen LogP) is 2.06. The SMILES string of the molecule is C#CCN(C(=O)Nc1ccc(C(=O)OC)cc1OC)C1CSC1. The first-order valence-electron chi connectivity index (χ1n) is 6.96. The van der Waals surface area contributed by atoms with Crippen molar-refractivity contribution in [3.8, 4) is 18.1 Å². The molecule has 1 fully saturated rings. The van der Waals surface area contributed by atoms with Gasteiger partial charge in [-0.05, 0) is 18.2 Å². The predicted molar refractivity (Wildman–Crippen MR) is 90.0 cm³/mol. The summed E-state index contributed by atoms with van der Waals surface area (Å²) in [5, 5.41) is 2.78. The van der Waals surface area contributed by atoms with Gasteiger partial charge >= 0.3 is 12.0 Å². The second kappa shape index (κ2) is 7.79. The first kappa shape index (κ1) is 17.0. The highest BCUT2D eigenvalue weighted by Crippen LogP contribution is 2.28. The highest BCUT2D eigenvalue weighted by atomic mass is 32.2. The van der Waals surface area contributed by atoms with Gasteiger partial charge in [-0.1, -0.05) is 5.92 Å². The third kappa shape index (κ3) is 3.90. The van der Waals surface area contributed by atoms with Crippen molar-refractivity contribution in [2.24, 2.45) is 0 Å². The average molecular weight is 334 g/mol. The topological polar surface area (TPSA) is 67.9 Å². The number of rotatable bonds is 5. The molecule has 6 nitrogen and oxygen atoms in total. The van der Waals surface area contributed by atoms with E-state index in [0.717, 1.165) is 11.5 Å². The zero-order chi connectivity index (χ0) is 16.8. The number of urea groups is 1. The van der Waals surface area contributed by atoms with E-state index >= 15 is 0 Å². The van der Waals surface area contributed by atoms with Crippen molar-refractivity contribution >= 4 is 29.4 Å². The van der Waals surface area contributed by atoms with Crippen molar-refractivity contribution in [2.45, 2.75) is 6.04 Å². The molecule has 122 valence electrons. The minimum Gasteiger partial charge on any atom is -0.495 e. The number of ether oxygens (including phenoxy) is 2. The van der Waals surface area contributed by atoms with Gasteiger partial charge in [0.1, 0.15) is 5.75 Å². The fourth-order valence-electron chi connectivity index (χ4n) is 2.09. The lowest BCUT2D eigenvalue weighted by molar-refractivity contribution is 0.0600. The Balaban J connectivity index is 2.16. The lowest BCUT2D eigenvalue weighted by Gasteiger charge is -2.35. The first-order chi connectivity index (χ1) is 11.1. The van der Waals surface area contributed by atoms with Crippen LogP contribution in [-0.4, -0.2) is 55.2 Å². The largest absolute Gasteiger partial charge is 0.495 e. The molecule has 1 aromatic carbocycles. The summed E-state index contributed by atoms with van der Waals surface area (Å²) in [6, 6.07) is 4.56. The third-order valence-electron chi connectivity index (χ3n) is 3.45. The van der Waals surface area contributed by atoms with Crippen LogP contribution in [0.4, 0.5) is 10.5 Å². The number of carbonyl (C=O) groups is 2. The van der Waals surface area contributed by atoms with Crippen LogP contribution in [0.15, 0.2) is 18.2 Å². The molecule has 0 saturated carbocycles. The minimum absolute atomic E-state index is 0.149. The molecule has 0 aliphatic carbocycles. The smallest absolute Gasteiger partial charge is 0.337 e. The summed E-state index contributed by atoms with van der Waals surface area (Å²) in [5.41, 5.74) is 0.817. The average Bonchev–Trinajstić information content (AvgIpc) is 2.52. The zero-order valence-corrected chi connectivity index (χ0v) is 13.8. The summed E-state index contributed by atoms with van der Waals surface area (Å²) in [7, 11) is 2.77. The Labute approximate surface area is 139 Å². The van der Waals surface area contributed by atoms with Crippen LogP contribution in [0.25, 0.3) is 0 Å². The van der Waals surface area contributed by atoms with E-state index in [1.807, 2.05) is 0 Å². The maximum Gasteiger partial charge on any atom is 0.337 e. The van der Waals surface area contributed by atoms with Crippen LogP contribution < -0.4 is 10.1 Å². The van der Waals surface area contributed by atoms with Crippen LogP contribution in [-0.2, 0) is 4.74 Å². The van der Waals surface area contributed by atoms with Crippen molar-refractivity contribution in [3.05, 3.63) is 23.8 Å². The molecule has 1 aliphatic rings. The number of terminal acetylenes is 1. The van der Waals surface area contributed by atoms with Crippen LogP contribution in [0.3, 0.4) is 0 Å². The molecule has 1 heterocycles. The molecule has 1 aliphatic heterocycles. The fourth-order valence-corrected chi connectivity index (χ4v) is 2.90. The molecular weight excluding hydrogens is 316 g/mol. The van der Waals surface area contributed by atoms with E-state index in [1.54, 1.807) is 28.8 Å². The number of hydrogen-bond donors (Lipinski definition) is 1. The molecular formula is C16H18N2O4S. The zero-order valence-electron chi connectivity index (χ0n) is 13.0. The summed E-state index contributed by atoms with van der Waals surface area (Å²) in [6.07, 6.45) is 5.35. The molecule has 23 heavy (non-hydrogen) atoms. The van der Waals surface area contributed by atoms with Crippen LogP contribution in [0.5, 0.6) is 5.75 Å². The summed E-state index contributed by atoms with van der Waals surface area (Å²) < 4.78 is 9.90. The molecule has 1 N–H and O–H groups in total. The van der Waals surface area contributed by atoms with Gasteiger partial charge < -0.3 is 19.7 Å². The Morgan fingerprint density at radius 1 is 1.43 bits per heavy atom. The number of esters is 1. The van der Waals surface area contributed by atoms with E-state index in [-0.39, 0.29) is 18.6 Å². The molecule has 0 unspecified atom stereocenters. The normalized spacial score (nSPS) is 13.4. The summed E-state index contributed by atoms with van der Waals surface area (Å²) in [5.74, 6) is 4.18. The van der Waals surface area contributed by atoms with Gasteiger partial charge in [0, 0.05) is 11.5 Å². The maximum atomic E-state index is 12.4. The van der Waals surface area contributed by atoms with Crippen LogP contribution in [0.1, 0.15) is 10.4 Å². The van der Waals surface area contributed by atoms with E-state index in [2.05, 4.69) is 16.0 Å². The number of hydrogen-bond acceptors (Lipinski definition) is 5. The molecule has 0 atom stereocenters. The van der Waals surface area contributed by atoms with Crippen molar-refractivity contribution in [1.29, 1.82) is 0 Å². The van der Waals surface area contributed by atoms with Crippen molar-refractivity contribution < 1.29 is 19.1 Å². The van der Waals surface area contributed by atoms with Gasteiger partial charge in [-0.3, -0.25) is 0 Å². The lowest BCUT2D eigenvalue weighted by atomic mass is 10.2. The van der Waals surface area contributed by atoms with E-state index in [0.29, 0.717) is 17.0 Å². The summed E-state index contributed by atoms with van der Waals surface area (Å²) in [4.78, 5) is 25.6. The van der Waals surface area contributed by atoms with Gasteiger partial charge in [-0.2, -0.15) is 11.8 Å². The first-order valence-corrected chi connectivity index (χ1v) is 8.11. The Morgan fingerprint density at radius 3 is 2.70 bits per heavy atom. The lowest BCUT2D eigenvalue weighted by Crippen LogP contribution is -2.49. The maximum absolute atomic E-state index is 12.4. The quantitative estimate of drug-likeness (QED) is 0.659. The Morgan fingerprint density at radius 2 is 2.17 bits per heavy atom. The molecule has 0 spiro atoms. The Kier molecular flexibility index (Phi) is 5.77. The van der Waals surface area contributed by atoms with Crippen LogP contribution >= 0.6 is 11.8 Å². The van der Waals surface area contributed by atoms with Gasteiger partial charge in [0.25, 0.3) is 0 Å². The molecule has 0 aromatic heterocycles. The number of carbonyl (C=O) groups excluding carboxylic acids is 2. The Bertz CT molecular complexity index is 637. The van der Waals surface area contributed by atoms with Gasteiger partial charge in [0.15, 0.2) is 0 Å². The Hall–Kier alpha value is -2.33. The number of nitrogens with one attached hydrogen (secondary N) is 1. The highest BCUT2D eigenvalue weighted by Gasteiger charge is 2.29. The van der Waals surface area contributed by atoms with E-state index in [9.17, 15) is 9.59 Å². The number of amides is 2. The fraction of sp³-hybridized carbons (Fsp3) is 0.375. The number of thioether (sulfide) groups is 1. The van der Waals surface area contributed by atoms with Crippen LogP contribution in [0.2, 0.25) is 0 Å². The van der Waals surface area contributed by atoms with Crippen molar-refractivity contribution in [3.63, 3.8) is 0 Å². The monoisotopic (exact) mass is 334 g/mol. The summed E-state index contributed by atoms with van der Waals surface area (Å²) >= 11 is 1.77. The molecule has 1 saturated heterocycles.